The van der Waals surface area contributed by atoms with Gasteiger partial charge in [0, 0.05) is 25.4 Å². The Kier molecular flexibility index (Phi) is 4.32. The van der Waals surface area contributed by atoms with Crippen LogP contribution in [0.3, 0.4) is 0 Å². The van der Waals surface area contributed by atoms with Crippen LogP contribution in [0, 0.1) is 0 Å². The Balaban J connectivity index is 2.16. The summed E-state index contributed by atoms with van der Waals surface area (Å²) in [5.74, 6) is 0.0996. The molecule has 6 heteroatoms. The van der Waals surface area contributed by atoms with Crippen LogP contribution in [0.4, 0.5) is 4.79 Å². The summed E-state index contributed by atoms with van der Waals surface area (Å²) < 4.78 is 0. The molecule has 1 N–H and O–H groups in total. The minimum atomic E-state index is -0.988. The fourth-order valence-corrected chi connectivity index (χ4v) is 2.60. The van der Waals surface area contributed by atoms with Crippen molar-refractivity contribution < 1.29 is 14.7 Å². The van der Waals surface area contributed by atoms with E-state index >= 15 is 0 Å². The molecule has 1 amide bonds. The van der Waals surface area contributed by atoms with E-state index in [0.717, 1.165) is 5.56 Å². The van der Waals surface area contributed by atoms with Crippen LogP contribution in [0.2, 0.25) is 10.0 Å². The van der Waals surface area contributed by atoms with Crippen molar-refractivity contribution in [3.05, 3.63) is 33.8 Å². The van der Waals surface area contributed by atoms with Gasteiger partial charge in [0.05, 0.1) is 10.0 Å². The molecule has 1 atom stereocenters. The Morgan fingerprint density at radius 3 is 2.74 bits per heavy atom. The molecule has 1 aromatic rings. The van der Waals surface area contributed by atoms with Crippen LogP contribution >= 0.6 is 23.2 Å². The molecule has 0 radical (unpaired) electrons. The number of hydrogen-bond acceptors (Lipinski definition) is 2. The molecule has 1 fully saturated rings. The zero-order valence-electron chi connectivity index (χ0n) is 10.1. The summed E-state index contributed by atoms with van der Waals surface area (Å²) in [6.07, 6.45) is 0.0311. The van der Waals surface area contributed by atoms with Gasteiger partial charge in [-0.1, -0.05) is 29.3 Å². The molecule has 102 valence electrons. The summed E-state index contributed by atoms with van der Waals surface area (Å²) in [6, 6.07) is 4.86. The Labute approximate surface area is 120 Å². The van der Waals surface area contributed by atoms with E-state index in [1.807, 2.05) is 0 Å². The molecule has 4 nitrogen and oxygen atoms in total. The number of hydrogen-bond donors (Lipinski definition) is 1. The molecule has 1 heterocycles. The number of halogens is 2. The normalized spacial score (nSPS) is 19.6. The lowest BCUT2D eigenvalue weighted by molar-refractivity contribution is -0.122. The number of Topliss-reactive ketones (excluding diaryl/α,β-unsaturated/α-hetero) is 1. The highest BCUT2D eigenvalue weighted by atomic mass is 35.5. The monoisotopic (exact) mass is 301 g/mol. The summed E-state index contributed by atoms with van der Waals surface area (Å²) in [5.41, 5.74) is 0.875. The van der Waals surface area contributed by atoms with Crippen molar-refractivity contribution in [1.29, 1.82) is 0 Å². The van der Waals surface area contributed by atoms with Crippen LogP contribution in [-0.4, -0.2) is 34.5 Å². The number of piperidine rings is 1. The molecular weight excluding hydrogens is 289 g/mol. The maximum Gasteiger partial charge on any atom is 0.407 e. The summed E-state index contributed by atoms with van der Waals surface area (Å²) in [5, 5.41) is 10.0. The highest BCUT2D eigenvalue weighted by Gasteiger charge is 2.30. The number of carboxylic acid groups (broad SMARTS) is 1. The fraction of sp³-hybridized carbons (Fsp3) is 0.385. The van der Waals surface area contributed by atoms with E-state index in [-0.39, 0.29) is 24.8 Å². The number of carbonyl (C=O) groups is 2. The number of likely N-dealkylation sites (tertiary alicyclic amines) is 1. The maximum atomic E-state index is 11.5. The Hall–Kier alpha value is -1.26. The van der Waals surface area contributed by atoms with Gasteiger partial charge in [-0.15, -0.1) is 0 Å². The highest BCUT2D eigenvalue weighted by molar-refractivity contribution is 6.42. The van der Waals surface area contributed by atoms with Crippen molar-refractivity contribution >= 4 is 35.1 Å². The summed E-state index contributed by atoms with van der Waals surface area (Å²) in [4.78, 5) is 24.0. The number of nitrogens with zero attached hydrogens (tertiary/aromatic N) is 1. The van der Waals surface area contributed by atoms with E-state index in [2.05, 4.69) is 0 Å². The van der Waals surface area contributed by atoms with Crippen molar-refractivity contribution in [2.75, 3.05) is 6.54 Å². The van der Waals surface area contributed by atoms with Gasteiger partial charge in [-0.25, -0.2) is 4.79 Å². The minimum absolute atomic E-state index is 0.0996. The van der Waals surface area contributed by atoms with Gasteiger partial charge < -0.3 is 10.0 Å². The lowest BCUT2D eigenvalue weighted by atomic mass is 9.95. The van der Waals surface area contributed by atoms with E-state index in [1.165, 1.54) is 4.90 Å². The second-order valence-corrected chi connectivity index (χ2v) is 5.39. The van der Waals surface area contributed by atoms with Crippen LogP contribution in [-0.2, 0) is 11.2 Å². The molecule has 1 saturated heterocycles. The smallest absolute Gasteiger partial charge is 0.407 e. The first kappa shape index (κ1) is 14.2. The van der Waals surface area contributed by atoms with Gasteiger partial charge >= 0.3 is 6.09 Å². The SMILES string of the molecule is O=C1CCN(C(=O)O)C(Cc2ccc(Cl)c(Cl)c2)C1. The minimum Gasteiger partial charge on any atom is -0.465 e. The maximum absolute atomic E-state index is 11.5. The van der Waals surface area contributed by atoms with Crippen LogP contribution in [0.5, 0.6) is 0 Å². The highest BCUT2D eigenvalue weighted by Crippen LogP contribution is 2.25. The Morgan fingerprint density at radius 2 is 2.11 bits per heavy atom. The lowest BCUT2D eigenvalue weighted by Gasteiger charge is -2.32. The van der Waals surface area contributed by atoms with Gasteiger partial charge in [-0.05, 0) is 24.1 Å². The van der Waals surface area contributed by atoms with Crippen LogP contribution in [0.15, 0.2) is 18.2 Å². The average Bonchev–Trinajstić information content (AvgIpc) is 2.33. The van der Waals surface area contributed by atoms with Crippen molar-refractivity contribution in [1.82, 2.24) is 4.90 Å². The standard InChI is InChI=1S/C13H13Cl2NO3/c14-11-2-1-8(6-12(11)15)5-9-7-10(17)3-4-16(9)13(18)19/h1-2,6,9H,3-5,7H2,(H,18,19). The van der Waals surface area contributed by atoms with Crippen LogP contribution < -0.4 is 0 Å². The second kappa shape index (κ2) is 5.80. The van der Waals surface area contributed by atoms with Crippen molar-refractivity contribution in [3.8, 4) is 0 Å². The van der Waals surface area contributed by atoms with Gasteiger partial charge in [0.1, 0.15) is 5.78 Å². The quantitative estimate of drug-likeness (QED) is 0.912. The molecule has 19 heavy (non-hydrogen) atoms. The number of amides is 1. The Morgan fingerprint density at radius 1 is 1.37 bits per heavy atom. The van der Waals surface area contributed by atoms with Crippen LogP contribution in [0.25, 0.3) is 0 Å². The largest absolute Gasteiger partial charge is 0.465 e. The lowest BCUT2D eigenvalue weighted by Crippen LogP contribution is -2.46. The summed E-state index contributed by atoms with van der Waals surface area (Å²) >= 11 is 11.8. The van der Waals surface area contributed by atoms with Crippen molar-refractivity contribution in [2.45, 2.75) is 25.3 Å². The second-order valence-electron chi connectivity index (χ2n) is 4.58. The van der Waals surface area contributed by atoms with Gasteiger partial charge in [-0.2, -0.15) is 0 Å². The first-order chi connectivity index (χ1) is 8.97. The topological polar surface area (TPSA) is 57.6 Å². The first-order valence-electron chi connectivity index (χ1n) is 5.92. The van der Waals surface area contributed by atoms with E-state index in [4.69, 9.17) is 28.3 Å². The molecule has 0 aliphatic carbocycles. The van der Waals surface area contributed by atoms with E-state index in [1.54, 1.807) is 18.2 Å². The number of rotatable bonds is 2. The molecule has 0 spiro atoms. The summed E-state index contributed by atoms with van der Waals surface area (Å²) in [7, 11) is 0. The molecule has 1 unspecified atom stereocenters. The third kappa shape index (κ3) is 3.39. The van der Waals surface area contributed by atoms with E-state index in [9.17, 15) is 9.59 Å². The molecule has 0 saturated carbocycles. The molecule has 1 aliphatic rings. The predicted octanol–water partition coefficient (Wildman–Crippen LogP) is 3.25. The molecular formula is C13H13Cl2NO3. The zero-order valence-corrected chi connectivity index (χ0v) is 11.6. The van der Waals surface area contributed by atoms with Gasteiger partial charge in [-0.3, -0.25) is 4.79 Å². The Bertz CT molecular complexity index is 519. The third-order valence-electron chi connectivity index (χ3n) is 3.24. The van der Waals surface area contributed by atoms with Crippen molar-refractivity contribution in [3.63, 3.8) is 0 Å². The number of carbonyl (C=O) groups excluding carboxylic acids is 1. The van der Waals surface area contributed by atoms with E-state index in [0.29, 0.717) is 22.9 Å². The predicted molar refractivity (Wildman–Crippen MR) is 72.9 cm³/mol. The molecule has 0 aromatic heterocycles. The van der Waals surface area contributed by atoms with E-state index < -0.39 is 6.09 Å². The third-order valence-corrected chi connectivity index (χ3v) is 3.98. The van der Waals surface area contributed by atoms with Crippen LogP contribution in [0.1, 0.15) is 18.4 Å². The van der Waals surface area contributed by atoms with Gasteiger partial charge in [0.15, 0.2) is 0 Å². The molecule has 2 rings (SSSR count). The number of ketones is 1. The number of benzene rings is 1. The molecule has 1 aliphatic heterocycles. The zero-order chi connectivity index (χ0) is 14.0. The molecule has 1 aromatic carbocycles. The summed E-state index contributed by atoms with van der Waals surface area (Å²) in [6.45, 7) is 0.264. The first-order valence-corrected chi connectivity index (χ1v) is 6.68. The molecule has 0 bridgehead atoms. The van der Waals surface area contributed by atoms with Crippen molar-refractivity contribution in [2.24, 2.45) is 0 Å². The average molecular weight is 302 g/mol. The van der Waals surface area contributed by atoms with Gasteiger partial charge in [0.25, 0.3) is 0 Å². The van der Waals surface area contributed by atoms with Gasteiger partial charge in [0.2, 0.25) is 0 Å². The fourth-order valence-electron chi connectivity index (χ4n) is 2.28.